The fourth-order valence-electron chi connectivity index (χ4n) is 8.32. The third kappa shape index (κ3) is 3.95. The summed E-state index contributed by atoms with van der Waals surface area (Å²) in [7, 11) is 0. The Morgan fingerprint density at radius 1 is 1.07 bits per heavy atom. The molecule has 3 heteroatoms. The van der Waals surface area contributed by atoms with Crippen molar-refractivity contribution >= 4 is 5.78 Å². The van der Waals surface area contributed by atoms with Crippen molar-refractivity contribution in [1.82, 2.24) is 0 Å². The minimum absolute atomic E-state index is 0.248. The monoisotopic (exact) mass is 404 g/mol. The van der Waals surface area contributed by atoms with Crippen LogP contribution in [0.1, 0.15) is 97.8 Å². The van der Waals surface area contributed by atoms with Gasteiger partial charge in [0.15, 0.2) is 0 Å². The summed E-state index contributed by atoms with van der Waals surface area (Å²) < 4.78 is 6.67. The normalized spacial score (nSPS) is 46.8. The number of hydrogen-bond donors (Lipinski definition) is 1. The van der Waals surface area contributed by atoms with E-state index in [-0.39, 0.29) is 5.92 Å². The predicted molar refractivity (Wildman–Crippen MR) is 117 cm³/mol. The molecule has 0 amide bonds. The molecule has 29 heavy (non-hydrogen) atoms. The second-order valence-electron chi connectivity index (χ2n) is 11.6. The zero-order valence-corrected chi connectivity index (χ0v) is 19.1. The van der Waals surface area contributed by atoms with Gasteiger partial charge in [-0.15, -0.1) is 0 Å². The average Bonchev–Trinajstić information content (AvgIpc) is 3.08. The molecule has 3 nitrogen and oxygen atoms in total. The van der Waals surface area contributed by atoms with Crippen molar-refractivity contribution in [1.29, 1.82) is 0 Å². The third-order valence-electron chi connectivity index (χ3n) is 9.97. The van der Waals surface area contributed by atoms with E-state index in [2.05, 4.69) is 20.8 Å². The molecule has 0 radical (unpaired) electrons. The Morgan fingerprint density at radius 2 is 1.86 bits per heavy atom. The molecule has 0 saturated heterocycles. The van der Waals surface area contributed by atoms with E-state index in [9.17, 15) is 4.79 Å². The second-order valence-corrected chi connectivity index (χ2v) is 11.6. The maximum atomic E-state index is 12.6. The first kappa shape index (κ1) is 21.8. The number of hydrogen-bond acceptors (Lipinski definition) is 3. The number of unbranched alkanes of at least 4 members (excludes halogenated alkanes) is 3. The van der Waals surface area contributed by atoms with E-state index in [1.54, 1.807) is 0 Å². The first-order valence-electron chi connectivity index (χ1n) is 12.6. The van der Waals surface area contributed by atoms with Crippen LogP contribution in [0.4, 0.5) is 0 Å². The van der Waals surface area contributed by atoms with Gasteiger partial charge >= 0.3 is 0 Å². The number of aliphatic hydroxyl groups excluding tert-OH is 1. The molecule has 0 aromatic rings. The number of rotatable bonds is 7. The van der Waals surface area contributed by atoms with Gasteiger partial charge in [0.05, 0.1) is 6.10 Å². The van der Waals surface area contributed by atoms with Crippen LogP contribution in [0.25, 0.3) is 0 Å². The molecule has 166 valence electrons. The topological polar surface area (TPSA) is 46.5 Å². The highest BCUT2D eigenvalue weighted by Gasteiger charge is 2.61. The van der Waals surface area contributed by atoms with Gasteiger partial charge in [-0.3, -0.25) is 4.79 Å². The Labute approximate surface area is 178 Å². The Balaban J connectivity index is 1.52. The van der Waals surface area contributed by atoms with Gasteiger partial charge in [0.25, 0.3) is 0 Å². The van der Waals surface area contributed by atoms with Gasteiger partial charge in [-0.1, -0.05) is 40.0 Å². The molecule has 8 atom stereocenters. The zero-order valence-electron chi connectivity index (χ0n) is 19.1. The van der Waals surface area contributed by atoms with Crippen molar-refractivity contribution in [2.45, 2.75) is 104 Å². The molecule has 0 bridgehead atoms. The molecular formula is C26H44O3. The summed E-state index contributed by atoms with van der Waals surface area (Å²) in [5.74, 6) is 3.54. The summed E-state index contributed by atoms with van der Waals surface area (Å²) in [5, 5.41) is 8.98. The van der Waals surface area contributed by atoms with Crippen LogP contribution in [0.3, 0.4) is 0 Å². The molecule has 0 aromatic carbocycles. The molecule has 4 aliphatic rings. The van der Waals surface area contributed by atoms with Crippen molar-refractivity contribution in [3.8, 4) is 0 Å². The quantitative estimate of drug-likeness (QED) is 0.547. The highest BCUT2D eigenvalue weighted by Crippen LogP contribution is 2.66. The highest BCUT2D eigenvalue weighted by molar-refractivity contribution is 5.82. The van der Waals surface area contributed by atoms with Crippen LogP contribution in [0, 0.1) is 40.4 Å². The van der Waals surface area contributed by atoms with Gasteiger partial charge in [-0.05, 0) is 85.9 Å². The molecule has 8 unspecified atom stereocenters. The SMILES string of the molecule is CC1CC2(C)C(CC1=O)CC(OCCCCCCO)C1C3CCCC3(C)CCC12. The average molecular weight is 405 g/mol. The molecule has 0 aliphatic heterocycles. The Morgan fingerprint density at radius 3 is 2.66 bits per heavy atom. The van der Waals surface area contributed by atoms with E-state index in [4.69, 9.17) is 9.84 Å². The number of carbonyl (C=O) groups is 1. The van der Waals surface area contributed by atoms with E-state index < -0.39 is 0 Å². The Hall–Kier alpha value is -0.410. The number of aliphatic hydroxyl groups is 1. The van der Waals surface area contributed by atoms with Gasteiger partial charge in [-0.2, -0.15) is 0 Å². The summed E-state index contributed by atoms with van der Waals surface area (Å²) >= 11 is 0. The molecule has 4 saturated carbocycles. The van der Waals surface area contributed by atoms with Crippen LogP contribution in [0.15, 0.2) is 0 Å². The molecular weight excluding hydrogens is 360 g/mol. The number of carbonyl (C=O) groups excluding carboxylic acids is 1. The summed E-state index contributed by atoms with van der Waals surface area (Å²) in [4.78, 5) is 12.6. The first-order valence-corrected chi connectivity index (χ1v) is 12.6. The smallest absolute Gasteiger partial charge is 0.136 e. The van der Waals surface area contributed by atoms with E-state index >= 15 is 0 Å². The molecule has 4 fully saturated rings. The largest absolute Gasteiger partial charge is 0.396 e. The maximum Gasteiger partial charge on any atom is 0.136 e. The van der Waals surface area contributed by atoms with Gasteiger partial charge in [0.2, 0.25) is 0 Å². The molecule has 0 spiro atoms. The summed E-state index contributed by atoms with van der Waals surface area (Å²) in [6, 6.07) is 0. The highest BCUT2D eigenvalue weighted by atomic mass is 16.5. The summed E-state index contributed by atoms with van der Waals surface area (Å²) in [6.45, 7) is 8.45. The Kier molecular flexibility index (Phi) is 6.48. The predicted octanol–water partition coefficient (Wildman–Crippen LogP) is 5.78. The van der Waals surface area contributed by atoms with Crippen LogP contribution < -0.4 is 0 Å². The second kappa shape index (κ2) is 8.61. The van der Waals surface area contributed by atoms with Crippen LogP contribution in [0.2, 0.25) is 0 Å². The van der Waals surface area contributed by atoms with Crippen LogP contribution in [0.5, 0.6) is 0 Å². The number of ether oxygens (including phenoxy) is 1. The lowest BCUT2D eigenvalue weighted by atomic mass is 9.44. The fourth-order valence-corrected chi connectivity index (χ4v) is 8.32. The maximum absolute atomic E-state index is 12.6. The molecule has 0 aromatic heterocycles. The fraction of sp³-hybridized carbons (Fsp3) is 0.962. The van der Waals surface area contributed by atoms with Crippen molar-refractivity contribution in [3.05, 3.63) is 0 Å². The Bertz CT molecular complexity index is 589. The van der Waals surface area contributed by atoms with Gasteiger partial charge in [0.1, 0.15) is 5.78 Å². The lowest BCUT2D eigenvalue weighted by molar-refractivity contribution is -0.182. The van der Waals surface area contributed by atoms with Crippen molar-refractivity contribution in [2.24, 2.45) is 40.4 Å². The van der Waals surface area contributed by atoms with E-state index in [1.807, 2.05) is 0 Å². The molecule has 4 aliphatic carbocycles. The third-order valence-corrected chi connectivity index (χ3v) is 9.97. The summed E-state index contributed by atoms with van der Waals surface area (Å²) in [6.07, 6.45) is 14.6. The van der Waals surface area contributed by atoms with Crippen molar-refractivity contribution < 1.29 is 14.6 Å². The number of fused-ring (bicyclic) bond motifs is 5. The number of Topliss-reactive ketones (excluding diaryl/α,β-unsaturated/α-hetero) is 1. The minimum atomic E-state index is 0.248. The van der Waals surface area contributed by atoms with E-state index in [1.165, 1.54) is 32.1 Å². The van der Waals surface area contributed by atoms with Crippen molar-refractivity contribution in [2.75, 3.05) is 13.2 Å². The standard InChI is InChI=1S/C26H44O3/c1-18-17-26(3)19(15-22(18)28)16-23(29-14-7-5-4-6-13-27)24-20-9-8-11-25(20,2)12-10-21(24)26/h18-21,23-24,27H,4-17H2,1-3H3. The van der Waals surface area contributed by atoms with Crippen LogP contribution in [-0.2, 0) is 9.53 Å². The minimum Gasteiger partial charge on any atom is -0.396 e. The molecule has 4 rings (SSSR count). The van der Waals surface area contributed by atoms with Gasteiger partial charge < -0.3 is 9.84 Å². The van der Waals surface area contributed by atoms with E-state index in [0.717, 1.165) is 63.4 Å². The first-order chi connectivity index (χ1) is 13.9. The molecule has 1 N–H and O–H groups in total. The van der Waals surface area contributed by atoms with Crippen LogP contribution in [-0.4, -0.2) is 30.2 Å². The van der Waals surface area contributed by atoms with Crippen LogP contribution >= 0.6 is 0 Å². The van der Waals surface area contributed by atoms with Gasteiger partial charge in [0, 0.05) is 25.6 Å². The van der Waals surface area contributed by atoms with E-state index in [0.29, 0.717) is 41.2 Å². The zero-order chi connectivity index (χ0) is 20.6. The van der Waals surface area contributed by atoms with Crippen molar-refractivity contribution in [3.63, 3.8) is 0 Å². The summed E-state index contributed by atoms with van der Waals surface area (Å²) in [5.41, 5.74) is 0.867. The lowest BCUT2D eigenvalue weighted by Crippen LogP contribution is -2.59. The van der Waals surface area contributed by atoms with Gasteiger partial charge in [-0.25, -0.2) is 0 Å². The molecule has 0 heterocycles. The lowest BCUT2D eigenvalue weighted by Gasteiger charge is -2.62. The number of ketones is 1.